The zero-order valence-corrected chi connectivity index (χ0v) is 23.6. The summed E-state index contributed by atoms with van der Waals surface area (Å²) in [6.45, 7) is 3.58. The summed E-state index contributed by atoms with van der Waals surface area (Å²) in [7, 11) is 3.33. The largest absolute Gasteiger partial charge is 0.493 e. The minimum atomic E-state index is -0.305. The number of ether oxygens (including phenoxy) is 3. The molecule has 1 amide bonds. The number of benzene rings is 3. The summed E-state index contributed by atoms with van der Waals surface area (Å²) in [4.78, 5) is 19.8. The Hall–Kier alpha value is -4.96. The molecule has 0 spiro atoms. The van der Waals surface area contributed by atoms with Gasteiger partial charge in [0.15, 0.2) is 11.5 Å². The zero-order valence-electron chi connectivity index (χ0n) is 23.6. The Morgan fingerprint density at radius 1 is 0.905 bits per heavy atom. The van der Waals surface area contributed by atoms with E-state index in [1.807, 2.05) is 59.4 Å². The van der Waals surface area contributed by atoms with E-state index in [0.717, 1.165) is 48.5 Å². The molecule has 214 valence electrons. The molecule has 0 saturated heterocycles. The minimum Gasteiger partial charge on any atom is -0.493 e. The van der Waals surface area contributed by atoms with Crippen LogP contribution in [0.1, 0.15) is 27.3 Å². The molecule has 6 rings (SSSR count). The van der Waals surface area contributed by atoms with Crippen molar-refractivity contribution in [2.45, 2.75) is 26.1 Å². The quantitative estimate of drug-likeness (QED) is 0.260. The van der Waals surface area contributed by atoms with Gasteiger partial charge in [0.1, 0.15) is 23.7 Å². The molecular weight excluding hydrogens is 532 g/mol. The normalized spacial score (nSPS) is 13.0. The van der Waals surface area contributed by atoms with E-state index >= 15 is 0 Å². The Bertz CT molecular complexity index is 1720. The van der Waals surface area contributed by atoms with Crippen LogP contribution >= 0.6 is 0 Å². The van der Waals surface area contributed by atoms with E-state index < -0.39 is 0 Å². The Kier molecular flexibility index (Phi) is 7.96. The van der Waals surface area contributed by atoms with Crippen molar-refractivity contribution >= 4 is 22.5 Å². The molecule has 10 nitrogen and oxygen atoms in total. The molecule has 10 heteroatoms. The molecule has 0 atom stereocenters. The third-order valence-electron chi connectivity index (χ3n) is 7.37. The van der Waals surface area contributed by atoms with E-state index in [1.54, 1.807) is 26.4 Å². The first-order chi connectivity index (χ1) is 20.6. The molecule has 1 aliphatic rings. The molecule has 2 aromatic heterocycles. The first kappa shape index (κ1) is 27.2. The first-order valence-corrected chi connectivity index (χ1v) is 13.8. The molecule has 0 aliphatic carbocycles. The van der Waals surface area contributed by atoms with Gasteiger partial charge in [0.05, 0.1) is 38.2 Å². The standard InChI is InChI=1S/C32H32N6O4/c1-40-30-17-23-13-14-37(19-24(23)18-31(30)41-2)15-16-38-20-25(35-36-38)21-42-29-10-6-5-9-27(29)34-32(39)28-12-11-22-7-3-4-8-26(22)33-28/h3-12,17-18,20H,13-16,19,21H2,1-2H3,(H,34,39). The SMILES string of the molecule is COc1cc2c(cc1OC)CN(CCn1cc(COc3ccccc3NC(=O)c3ccc4ccccc4n3)nn1)CC2. The highest BCUT2D eigenvalue weighted by Gasteiger charge is 2.20. The maximum atomic E-state index is 12.9. The predicted octanol–water partition coefficient (Wildman–Crippen LogP) is 4.73. The summed E-state index contributed by atoms with van der Waals surface area (Å²) >= 11 is 0. The monoisotopic (exact) mass is 564 g/mol. The topological polar surface area (TPSA) is 104 Å². The van der Waals surface area contributed by atoms with Crippen LogP contribution in [0.2, 0.25) is 0 Å². The summed E-state index contributed by atoms with van der Waals surface area (Å²) in [5.41, 5.74) is 4.92. The molecular formula is C32H32N6O4. The average molecular weight is 565 g/mol. The van der Waals surface area contributed by atoms with E-state index in [2.05, 4.69) is 37.6 Å². The lowest BCUT2D eigenvalue weighted by molar-refractivity contribution is 0.102. The lowest BCUT2D eigenvalue weighted by atomic mass is 9.99. The van der Waals surface area contributed by atoms with E-state index in [9.17, 15) is 4.79 Å². The van der Waals surface area contributed by atoms with Gasteiger partial charge in [0, 0.05) is 25.0 Å². The Morgan fingerprint density at radius 2 is 1.69 bits per heavy atom. The lowest BCUT2D eigenvalue weighted by Gasteiger charge is -2.29. The molecule has 3 aromatic carbocycles. The number of nitrogens with one attached hydrogen (secondary N) is 1. The van der Waals surface area contributed by atoms with E-state index in [0.29, 0.717) is 29.4 Å². The van der Waals surface area contributed by atoms with Crippen LogP contribution in [0.3, 0.4) is 0 Å². The maximum absolute atomic E-state index is 12.9. The highest BCUT2D eigenvalue weighted by atomic mass is 16.5. The third kappa shape index (κ3) is 6.03. The van der Waals surface area contributed by atoms with Crippen LogP contribution in [-0.4, -0.2) is 58.1 Å². The van der Waals surface area contributed by atoms with Crippen LogP contribution in [0.4, 0.5) is 5.69 Å². The van der Waals surface area contributed by atoms with Crippen molar-refractivity contribution in [3.8, 4) is 17.2 Å². The number of hydrogen-bond acceptors (Lipinski definition) is 8. The van der Waals surface area contributed by atoms with Gasteiger partial charge in [-0.2, -0.15) is 0 Å². The molecule has 0 saturated carbocycles. The summed E-state index contributed by atoms with van der Waals surface area (Å²) in [5, 5.41) is 12.5. The number of carbonyl (C=O) groups excluding carboxylic acids is 1. The number of amides is 1. The number of hydrogen-bond donors (Lipinski definition) is 1. The van der Waals surface area contributed by atoms with Crippen LogP contribution in [0, 0.1) is 0 Å². The van der Waals surface area contributed by atoms with Crippen LogP contribution < -0.4 is 19.5 Å². The van der Waals surface area contributed by atoms with Gasteiger partial charge in [-0.3, -0.25) is 14.4 Å². The second-order valence-electron chi connectivity index (χ2n) is 10.1. The van der Waals surface area contributed by atoms with Gasteiger partial charge in [-0.1, -0.05) is 41.6 Å². The minimum absolute atomic E-state index is 0.222. The van der Waals surface area contributed by atoms with Crippen LogP contribution in [0.25, 0.3) is 10.9 Å². The van der Waals surface area contributed by atoms with Crippen molar-refractivity contribution in [3.63, 3.8) is 0 Å². The van der Waals surface area contributed by atoms with Gasteiger partial charge in [-0.15, -0.1) is 5.10 Å². The van der Waals surface area contributed by atoms with Crippen LogP contribution in [0.15, 0.2) is 79.0 Å². The number of fused-ring (bicyclic) bond motifs is 2. The molecule has 1 aliphatic heterocycles. The third-order valence-corrected chi connectivity index (χ3v) is 7.37. The molecule has 0 unspecified atom stereocenters. The van der Waals surface area contributed by atoms with Gasteiger partial charge >= 0.3 is 0 Å². The van der Waals surface area contributed by atoms with Crippen molar-refractivity contribution in [2.24, 2.45) is 0 Å². The summed E-state index contributed by atoms with van der Waals surface area (Å²) < 4.78 is 18.8. The van der Waals surface area contributed by atoms with Crippen LogP contribution in [-0.2, 0) is 26.1 Å². The molecule has 42 heavy (non-hydrogen) atoms. The molecule has 3 heterocycles. The van der Waals surface area contributed by atoms with Gasteiger partial charge in [-0.25, -0.2) is 4.98 Å². The Balaban J connectivity index is 1.04. The molecule has 0 fully saturated rings. The number of nitrogens with zero attached hydrogens (tertiary/aromatic N) is 5. The second kappa shape index (κ2) is 12.3. The first-order valence-electron chi connectivity index (χ1n) is 13.8. The lowest BCUT2D eigenvalue weighted by Crippen LogP contribution is -2.33. The number of methoxy groups -OCH3 is 2. The molecule has 0 radical (unpaired) electrons. The smallest absolute Gasteiger partial charge is 0.274 e. The number of pyridine rings is 1. The second-order valence-corrected chi connectivity index (χ2v) is 10.1. The molecule has 0 bridgehead atoms. The fraction of sp³-hybridized carbons (Fsp3) is 0.250. The highest BCUT2D eigenvalue weighted by molar-refractivity contribution is 6.04. The zero-order chi connectivity index (χ0) is 28.9. The Labute approximate surface area is 243 Å². The number of aromatic nitrogens is 4. The van der Waals surface area contributed by atoms with E-state index in [4.69, 9.17) is 14.2 Å². The maximum Gasteiger partial charge on any atom is 0.274 e. The summed E-state index contributed by atoms with van der Waals surface area (Å²) in [6, 6.07) is 22.8. The van der Waals surface area contributed by atoms with Crippen molar-refractivity contribution in [1.82, 2.24) is 24.9 Å². The van der Waals surface area contributed by atoms with Gasteiger partial charge in [0.2, 0.25) is 0 Å². The van der Waals surface area contributed by atoms with Crippen molar-refractivity contribution in [3.05, 3.63) is 102 Å². The number of para-hydroxylation sites is 3. The number of rotatable bonds is 10. The van der Waals surface area contributed by atoms with Gasteiger partial charge < -0.3 is 19.5 Å². The highest BCUT2D eigenvalue weighted by Crippen LogP contribution is 2.33. The fourth-order valence-corrected chi connectivity index (χ4v) is 5.12. The fourth-order valence-electron chi connectivity index (χ4n) is 5.12. The molecule has 1 N–H and O–H groups in total. The van der Waals surface area contributed by atoms with Crippen molar-refractivity contribution in [1.29, 1.82) is 0 Å². The van der Waals surface area contributed by atoms with E-state index in [1.165, 1.54) is 11.1 Å². The summed E-state index contributed by atoms with van der Waals surface area (Å²) in [6.07, 6.45) is 2.85. The molecule has 5 aromatic rings. The summed E-state index contributed by atoms with van der Waals surface area (Å²) in [5.74, 6) is 1.76. The number of anilines is 1. The van der Waals surface area contributed by atoms with Crippen molar-refractivity contribution < 1.29 is 19.0 Å². The number of carbonyl (C=O) groups is 1. The van der Waals surface area contributed by atoms with Gasteiger partial charge in [0.25, 0.3) is 5.91 Å². The van der Waals surface area contributed by atoms with E-state index in [-0.39, 0.29) is 12.5 Å². The van der Waals surface area contributed by atoms with Gasteiger partial charge in [-0.05, 0) is 53.9 Å². The van der Waals surface area contributed by atoms with Crippen LogP contribution in [0.5, 0.6) is 17.2 Å². The predicted molar refractivity (Wildman–Crippen MR) is 159 cm³/mol. The van der Waals surface area contributed by atoms with Crippen molar-refractivity contribution in [2.75, 3.05) is 32.6 Å². The average Bonchev–Trinajstić information content (AvgIpc) is 3.50. The Morgan fingerprint density at radius 3 is 2.55 bits per heavy atom.